The second-order valence-electron chi connectivity index (χ2n) is 10.9. The van der Waals surface area contributed by atoms with Crippen molar-refractivity contribution in [3.8, 4) is 0 Å². The number of nitrogens with zero attached hydrogens (tertiary/aromatic N) is 3. The van der Waals surface area contributed by atoms with Gasteiger partial charge in [0.25, 0.3) is 11.8 Å². The van der Waals surface area contributed by atoms with Gasteiger partial charge in [-0.2, -0.15) is 13.2 Å². The molecule has 3 aliphatic heterocycles. The average Bonchev–Trinajstić information content (AvgIpc) is 3.43. The van der Waals surface area contributed by atoms with Gasteiger partial charge in [0.15, 0.2) is 0 Å². The molecule has 3 aliphatic rings. The lowest BCUT2D eigenvalue weighted by atomic mass is 9.89. The number of urea groups is 1. The van der Waals surface area contributed by atoms with Crippen LogP contribution in [-0.4, -0.2) is 62.3 Å². The standard InChI is InChI=1S/C28H38F3N5O5S/c1-2-3-4-5-6-7-8-9-23-33-25(38)27(34-23)13-15-35(16-14-27)42(40,41)17-12-20-10-11-21(18-22(20)28(29,30)31)36-24(37)19-32-26(36)39/h10-12,17-18,40-41H,2-9,13-16,19H2,1H3,(H,32,39)(H,33,34,38)/p+2/b17-12+. The largest absolute Gasteiger partial charge is 0.417 e. The van der Waals surface area contributed by atoms with Gasteiger partial charge >= 0.3 is 12.2 Å². The van der Waals surface area contributed by atoms with Gasteiger partial charge in [-0.15, -0.1) is 4.31 Å². The van der Waals surface area contributed by atoms with Gasteiger partial charge in [0, 0.05) is 19.5 Å². The topological polar surface area (TPSA) is 140 Å². The van der Waals surface area contributed by atoms with Gasteiger partial charge in [-0.3, -0.25) is 23.7 Å². The van der Waals surface area contributed by atoms with E-state index in [9.17, 15) is 27.6 Å². The molecule has 14 heteroatoms. The van der Waals surface area contributed by atoms with Crippen LogP contribution >= 0.6 is 10.8 Å². The molecule has 6 N–H and O–H groups in total. The van der Waals surface area contributed by atoms with E-state index in [0.29, 0.717) is 30.0 Å². The van der Waals surface area contributed by atoms with Gasteiger partial charge in [-0.25, -0.2) is 9.69 Å². The zero-order valence-electron chi connectivity index (χ0n) is 23.7. The molecule has 0 saturated carbocycles. The lowest BCUT2D eigenvalue weighted by Crippen LogP contribution is -2.49. The van der Waals surface area contributed by atoms with Gasteiger partial charge in [0.1, 0.15) is 16.8 Å². The first-order valence-corrected chi connectivity index (χ1v) is 16.0. The maximum atomic E-state index is 13.9. The Morgan fingerprint density at radius 2 is 1.71 bits per heavy atom. The molecule has 1 aromatic carbocycles. The first-order valence-electron chi connectivity index (χ1n) is 14.3. The summed E-state index contributed by atoms with van der Waals surface area (Å²) in [5.41, 5.74) is -2.48. The molecule has 232 valence electrons. The monoisotopic (exact) mass is 615 g/mol. The fourth-order valence-electron chi connectivity index (χ4n) is 5.45. The highest BCUT2D eigenvalue weighted by Gasteiger charge is 2.48. The molecule has 2 saturated heterocycles. The number of rotatable bonds is 12. The summed E-state index contributed by atoms with van der Waals surface area (Å²) in [7, 11) is -3.12. The first kappa shape index (κ1) is 32.0. The minimum atomic E-state index is -4.80. The fourth-order valence-corrected chi connectivity index (χ4v) is 6.73. The van der Waals surface area contributed by atoms with Crippen LogP contribution in [0.25, 0.3) is 6.08 Å². The third kappa shape index (κ3) is 7.33. The first-order chi connectivity index (χ1) is 19.9. The van der Waals surface area contributed by atoms with Gasteiger partial charge in [-0.1, -0.05) is 51.5 Å². The van der Waals surface area contributed by atoms with E-state index in [1.807, 2.05) is 0 Å². The van der Waals surface area contributed by atoms with Crippen molar-refractivity contribution in [2.75, 3.05) is 24.5 Å². The highest BCUT2D eigenvalue weighted by atomic mass is 32.3. The van der Waals surface area contributed by atoms with Crippen molar-refractivity contribution in [2.24, 2.45) is 4.99 Å². The predicted molar refractivity (Wildman–Crippen MR) is 158 cm³/mol. The normalized spacial score (nSPS) is 20.0. The van der Waals surface area contributed by atoms with Crippen LogP contribution in [0.5, 0.6) is 0 Å². The maximum Gasteiger partial charge on any atom is 0.417 e. The Morgan fingerprint density at radius 3 is 2.33 bits per heavy atom. The Morgan fingerprint density at radius 1 is 1.05 bits per heavy atom. The number of piperidine rings is 1. The highest BCUT2D eigenvalue weighted by Crippen LogP contribution is 2.49. The zero-order valence-corrected chi connectivity index (χ0v) is 24.5. The van der Waals surface area contributed by atoms with Crippen LogP contribution in [0.2, 0.25) is 0 Å². The lowest BCUT2D eigenvalue weighted by Gasteiger charge is -2.39. The summed E-state index contributed by atoms with van der Waals surface area (Å²) in [6, 6.07) is 2.27. The molecule has 0 radical (unpaired) electrons. The Balaban J connectivity index is 1.38. The average molecular weight is 616 g/mol. The van der Waals surface area contributed by atoms with Crippen molar-refractivity contribution in [3.05, 3.63) is 34.7 Å². The molecule has 0 unspecified atom stereocenters. The number of hydrogen-bond donors (Lipinski definition) is 2. The number of amides is 4. The third-order valence-electron chi connectivity index (χ3n) is 7.89. The molecule has 1 aromatic rings. The molecule has 10 nitrogen and oxygen atoms in total. The summed E-state index contributed by atoms with van der Waals surface area (Å²) < 4.78 is 60.5. The number of benzene rings is 1. The molecule has 4 rings (SSSR count). The van der Waals surface area contributed by atoms with E-state index in [2.05, 4.69) is 17.6 Å². The summed E-state index contributed by atoms with van der Waals surface area (Å²) in [5, 5.41) is 6.33. The van der Waals surface area contributed by atoms with Crippen molar-refractivity contribution in [3.63, 3.8) is 0 Å². The van der Waals surface area contributed by atoms with Crippen LogP contribution in [0.1, 0.15) is 82.3 Å². The lowest BCUT2D eigenvalue weighted by molar-refractivity contribution is -0.137. The van der Waals surface area contributed by atoms with Crippen LogP contribution in [0.4, 0.5) is 23.7 Å². The molecule has 42 heavy (non-hydrogen) atoms. The minimum absolute atomic E-state index is 0.161. The van der Waals surface area contributed by atoms with E-state index in [-0.39, 0.29) is 36.8 Å². The number of aliphatic imine (C=N–C) groups is 1. The zero-order chi connectivity index (χ0) is 30.5. The van der Waals surface area contributed by atoms with Crippen molar-refractivity contribution >= 4 is 46.2 Å². The van der Waals surface area contributed by atoms with E-state index < -0.39 is 40.0 Å². The minimum Gasteiger partial charge on any atom is -0.328 e. The molecule has 0 aliphatic carbocycles. The van der Waals surface area contributed by atoms with E-state index in [1.54, 1.807) is 4.31 Å². The van der Waals surface area contributed by atoms with Crippen LogP contribution < -0.4 is 15.5 Å². The van der Waals surface area contributed by atoms with Crippen molar-refractivity contribution in [1.29, 1.82) is 0 Å². The summed E-state index contributed by atoms with van der Waals surface area (Å²) >= 11 is 0. The van der Waals surface area contributed by atoms with Crippen LogP contribution in [0.15, 0.2) is 28.6 Å². The Labute approximate surface area is 244 Å². The number of hydrogen-bond acceptors (Lipinski definition) is 5. The van der Waals surface area contributed by atoms with Crippen LogP contribution in [0, 0.1) is 0 Å². The number of alkyl halides is 3. The molecule has 2 fully saturated rings. The van der Waals surface area contributed by atoms with Gasteiger partial charge in [-0.05, 0) is 43.0 Å². The molecule has 3 heterocycles. The number of carbonyl (C=O) groups is 3. The van der Waals surface area contributed by atoms with Gasteiger partial charge < -0.3 is 10.6 Å². The fraction of sp³-hybridized carbons (Fsp3) is 0.571. The maximum absolute atomic E-state index is 13.9. The van der Waals surface area contributed by atoms with Crippen molar-refractivity contribution < 1.29 is 36.7 Å². The number of halogens is 3. The second-order valence-corrected chi connectivity index (χ2v) is 13.0. The summed E-state index contributed by atoms with van der Waals surface area (Å²) in [6.07, 6.45) is 5.78. The molecule has 0 aromatic heterocycles. The van der Waals surface area contributed by atoms with Gasteiger partial charge in [0.2, 0.25) is 0 Å². The Kier molecular flexibility index (Phi) is 10.0. The van der Waals surface area contributed by atoms with E-state index in [1.165, 1.54) is 31.7 Å². The number of anilines is 1. The van der Waals surface area contributed by atoms with E-state index in [0.717, 1.165) is 42.9 Å². The highest BCUT2D eigenvalue weighted by molar-refractivity contribution is 8.24. The van der Waals surface area contributed by atoms with Crippen molar-refractivity contribution in [1.82, 2.24) is 14.9 Å². The van der Waals surface area contributed by atoms with Crippen molar-refractivity contribution in [2.45, 2.75) is 82.8 Å². The predicted octanol–water partition coefficient (Wildman–Crippen LogP) is 4.23. The summed E-state index contributed by atoms with van der Waals surface area (Å²) in [6.45, 7) is 2.37. The number of amidine groups is 1. The molecular formula is C28H40F3N5O5S+2. The molecule has 0 bridgehead atoms. The quantitative estimate of drug-likeness (QED) is 0.206. The summed E-state index contributed by atoms with van der Waals surface area (Å²) in [5.74, 6) is -0.134. The van der Waals surface area contributed by atoms with Gasteiger partial charge in [0.05, 0.1) is 28.6 Å². The molecular weight excluding hydrogens is 575 g/mol. The Bertz CT molecular complexity index is 1230. The number of carbonyl (C=O) groups excluding carboxylic acids is 3. The number of imide groups is 1. The molecule has 0 atom stereocenters. The van der Waals surface area contributed by atoms with E-state index >= 15 is 0 Å². The molecule has 4 amide bonds. The van der Waals surface area contributed by atoms with Crippen LogP contribution in [-0.2, 0) is 15.8 Å². The smallest absolute Gasteiger partial charge is 0.328 e. The second kappa shape index (κ2) is 13.1. The number of unbranched alkanes of at least 4 members (excludes halogenated alkanes) is 6. The van der Waals surface area contributed by atoms with Crippen LogP contribution in [0.3, 0.4) is 0 Å². The Hall–Kier alpha value is -2.94. The number of nitrogens with one attached hydrogen (secondary N) is 2. The summed E-state index contributed by atoms with van der Waals surface area (Å²) in [4.78, 5) is 42.1. The molecule has 1 spiro atoms. The van der Waals surface area contributed by atoms with E-state index in [4.69, 9.17) is 14.1 Å². The third-order valence-corrected chi connectivity index (χ3v) is 9.60. The SMILES string of the molecule is CCCCCCCCCC1=NC2(CCN(S([OH2+])([OH2+])/C=C/c3ccc(N4C(=O)CNC4=O)cc3C(F)(F)F)CC2)C(=O)N1.